The Morgan fingerprint density at radius 3 is 2.50 bits per heavy atom. The van der Waals surface area contributed by atoms with E-state index in [0.29, 0.717) is 5.69 Å². The monoisotopic (exact) mass is 370 g/mol. The summed E-state index contributed by atoms with van der Waals surface area (Å²) in [5.74, 6) is -1.82. The molecule has 132 valence electrons. The van der Waals surface area contributed by atoms with E-state index in [1.165, 1.54) is 19.2 Å². The molecule has 1 aliphatic heterocycles. The average molecular weight is 371 g/mol. The Labute approximate surface area is 155 Å². The molecule has 1 N–H and O–H groups in total. The lowest BCUT2D eigenvalue weighted by Gasteiger charge is -2.16. The van der Waals surface area contributed by atoms with Gasteiger partial charge in [0.2, 0.25) is 0 Å². The van der Waals surface area contributed by atoms with Gasteiger partial charge in [0.25, 0.3) is 11.8 Å². The summed E-state index contributed by atoms with van der Waals surface area (Å²) >= 11 is 6.11. The van der Waals surface area contributed by atoms with Crippen LogP contribution in [0.3, 0.4) is 0 Å². The van der Waals surface area contributed by atoms with Crippen molar-refractivity contribution in [2.45, 2.75) is 6.92 Å². The molecule has 0 radical (unpaired) electrons. The first kappa shape index (κ1) is 17.7. The predicted octanol–water partition coefficient (Wildman–Crippen LogP) is 3.22. The van der Waals surface area contributed by atoms with E-state index in [9.17, 15) is 14.4 Å². The summed E-state index contributed by atoms with van der Waals surface area (Å²) in [6.45, 7) is 1.87. The molecular formula is C19H15ClN2O4. The Kier molecular flexibility index (Phi) is 4.77. The number of imide groups is 1. The molecule has 0 aromatic heterocycles. The van der Waals surface area contributed by atoms with Crippen molar-refractivity contribution in [3.63, 3.8) is 0 Å². The van der Waals surface area contributed by atoms with Gasteiger partial charge in [-0.2, -0.15) is 0 Å². The minimum atomic E-state index is -0.658. The molecule has 3 rings (SSSR count). The van der Waals surface area contributed by atoms with Crippen molar-refractivity contribution >= 4 is 40.8 Å². The van der Waals surface area contributed by atoms with Crippen LogP contribution in [-0.2, 0) is 14.3 Å². The van der Waals surface area contributed by atoms with Crippen LogP contribution in [0.1, 0.15) is 15.9 Å². The molecule has 0 fully saturated rings. The van der Waals surface area contributed by atoms with Gasteiger partial charge in [-0.05, 0) is 36.8 Å². The smallest absolute Gasteiger partial charge is 0.337 e. The van der Waals surface area contributed by atoms with E-state index >= 15 is 0 Å². The van der Waals surface area contributed by atoms with Gasteiger partial charge in [-0.25, -0.2) is 9.69 Å². The number of hydrogen-bond acceptors (Lipinski definition) is 5. The van der Waals surface area contributed by atoms with Crippen LogP contribution in [0.15, 0.2) is 59.3 Å². The van der Waals surface area contributed by atoms with E-state index in [1.54, 1.807) is 18.2 Å². The van der Waals surface area contributed by atoms with E-state index in [2.05, 4.69) is 10.1 Å². The van der Waals surface area contributed by atoms with Crippen LogP contribution >= 0.6 is 11.6 Å². The van der Waals surface area contributed by atoms with Crippen molar-refractivity contribution in [1.82, 2.24) is 0 Å². The summed E-state index contributed by atoms with van der Waals surface area (Å²) < 4.78 is 4.67. The summed E-state index contributed by atoms with van der Waals surface area (Å²) in [5, 5.41) is 2.72. The van der Waals surface area contributed by atoms with E-state index < -0.39 is 17.8 Å². The first-order valence-corrected chi connectivity index (χ1v) is 8.11. The number of methoxy groups -OCH3 is 1. The second-order valence-corrected chi connectivity index (χ2v) is 5.99. The highest BCUT2D eigenvalue weighted by molar-refractivity contribution is 6.53. The molecule has 0 aliphatic carbocycles. The fraction of sp³-hybridized carbons (Fsp3) is 0.105. The molecule has 0 atom stereocenters. The molecule has 2 aromatic carbocycles. The van der Waals surface area contributed by atoms with Gasteiger partial charge in [-0.1, -0.05) is 35.9 Å². The SMILES string of the molecule is COC(=O)c1cccc(N2C(=O)C(Cl)=C(Nc3ccccc3C)C2=O)c1. The molecule has 2 amide bonds. The summed E-state index contributed by atoms with van der Waals surface area (Å²) in [4.78, 5) is 37.9. The summed E-state index contributed by atoms with van der Waals surface area (Å²) in [6, 6.07) is 13.4. The fourth-order valence-corrected chi connectivity index (χ4v) is 2.80. The minimum Gasteiger partial charge on any atom is -0.465 e. The number of amides is 2. The zero-order valence-corrected chi connectivity index (χ0v) is 14.8. The first-order chi connectivity index (χ1) is 12.4. The molecular weight excluding hydrogens is 356 g/mol. The van der Waals surface area contributed by atoms with Gasteiger partial charge in [0.1, 0.15) is 10.7 Å². The quantitative estimate of drug-likeness (QED) is 0.660. The molecule has 2 aromatic rings. The van der Waals surface area contributed by atoms with Crippen molar-refractivity contribution in [3.05, 3.63) is 70.4 Å². The number of carbonyl (C=O) groups is 3. The van der Waals surface area contributed by atoms with Gasteiger partial charge in [0, 0.05) is 5.69 Å². The normalized spacial score (nSPS) is 14.0. The van der Waals surface area contributed by atoms with Crippen LogP contribution in [0.2, 0.25) is 0 Å². The molecule has 0 saturated carbocycles. The van der Waals surface area contributed by atoms with Gasteiger partial charge in [-0.15, -0.1) is 0 Å². The molecule has 0 saturated heterocycles. The summed E-state index contributed by atoms with van der Waals surface area (Å²) in [5.41, 5.74) is 2.03. The standard InChI is InChI=1S/C19H15ClN2O4/c1-11-6-3-4-9-14(11)21-16-15(20)17(23)22(18(16)24)13-8-5-7-12(10-13)19(25)26-2/h3-10,21H,1-2H3. The Balaban J connectivity index is 1.94. The van der Waals surface area contributed by atoms with E-state index in [1.807, 2.05) is 25.1 Å². The maximum absolute atomic E-state index is 12.8. The number of para-hydroxylation sites is 1. The number of aryl methyl sites for hydroxylation is 1. The molecule has 0 unspecified atom stereocenters. The van der Waals surface area contributed by atoms with Gasteiger partial charge in [0.15, 0.2) is 0 Å². The van der Waals surface area contributed by atoms with Crippen LogP contribution in [0.25, 0.3) is 0 Å². The lowest BCUT2D eigenvalue weighted by Crippen LogP contribution is -2.32. The summed E-state index contributed by atoms with van der Waals surface area (Å²) in [6.07, 6.45) is 0. The van der Waals surface area contributed by atoms with Crippen LogP contribution < -0.4 is 10.2 Å². The average Bonchev–Trinajstić information content (AvgIpc) is 2.86. The lowest BCUT2D eigenvalue weighted by molar-refractivity contribution is -0.120. The fourth-order valence-electron chi connectivity index (χ4n) is 2.58. The van der Waals surface area contributed by atoms with Crippen LogP contribution in [-0.4, -0.2) is 24.9 Å². The second-order valence-electron chi connectivity index (χ2n) is 5.62. The zero-order chi connectivity index (χ0) is 18.8. The number of nitrogens with zero attached hydrogens (tertiary/aromatic N) is 1. The number of halogens is 1. The Morgan fingerprint density at radius 2 is 1.81 bits per heavy atom. The van der Waals surface area contributed by atoms with E-state index in [-0.39, 0.29) is 22.0 Å². The summed E-state index contributed by atoms with van der Waals surface area (Å²) in [7, 11) is 1.25. The first-order valence-electron chi connectivity index (χ1n) is 7.73. The third-order valence-corrected chi connectivity index (χ3v) is 4.31. The van der Waals surface area contributed by atoms with Crippen molar-refractivity contribution in [2.24, 2.45) is 0 Å². The van der Waals surface area contributed by atoms with Crippen LogP contribution in [0.5, 0.6) is 0 Å². The van der Waals surface area contributed by atoms with Gasteiger partial charge < -0.3 is 10.1 Å². The predicted molar refractivity (Wildman–Crippen MR) is 98.0 cm³/mol. The number of anilines is 2. The molecule has 1 aliphatic rings. The van der Waals surface area contributed by atoms with Gasteiger partial charge in [-0.3, -0.25) is 9.59 Å². The van der Waals surface area contributed by atoms with Crippen molar-refractivity contribution in [3.8, 4) is 0 Å². The van der Waals surface area contributed by atoms with Crippen molar-refractivity contribution in [1.29, 1.82) is 0 Å². The Morgan fingerprint density at radius 1 is 1.08 bits per heavy atom. The van der Waals surface area contributed by atoms with E-state index in [0.717, 1.165) is 10.5 Å². The number of benzene rings is 2. The van der Waals surface area contributed by atoms with Crippen molar-refractivity contribution < 1.29 is 19.1 Å². The number of ether oxygens (including phenoxy) is 1. The number of rotatable bonds is 4. The molecule has 26 heavy (non-hydrogen) atoms. The largest absolute Gasteiger partial charge is 0.465 e. The van der Waals surface area contributed by atoms with Crippen LogP contribution in [0, 0.1) is 6.92 Å². The highest BCUT2D eigenvalue weighted by atomic mass is 35.5. The maximum Gasteiger partial charge on any atom is 0.337 e. The third kappa shape index (κ3) is 3.07. The maximum atomic E-state index is 12.8. The minimum absolute atomic E-state index is 0.00515. The molecule has 1 heterocycles. The molecule has 0 bridgehead atoms. The second kappa shape index (κ2) is 7.01. The van der Waals surface area contributed by atoms with Gasteiger partial charge >= 0.3 is 5.97 Å². The highest BCUT2D eigenvalue weighted by Crippen LogP contribution is 2.31. The molecule has 6 nitrogen and oxygen atoms in total. The van der Waals surface area contributed by atoms with Crippen LogP contribution in [0.4, 0.5) is 11.4 Å². The van der Waals surface area contributed by atoms with Gasteiger partial charge in [0.05, 0.1) is 18.4 Å². The number of carbonyl (C=O) groups excluding carboxylic acids is 3. The van der Waals surface area contributed by atoms with Crippen molar-refractivity contribution in [2.75, 3.05) is 17.3 Å². The zero-order valence-electron chi connectivity index (χ0n) is 14.1. The highest BCUT2D eigenvalue weighted by Gasteiger charge is 2.39. The third-order valence-electron chi connectivity index (χ3n) is 3.96. The molecule has 0 spiro atoms. The lowest BCUT2D eigenvalue weighted by atomic mass is 10.2. The number of hydrogen-bond donors (Lipinski definition) is 1. The molecule has 7 heteroatoms. The number of nitrogens with one attached hydrogen (secondary N) is 1. The Hall–Kier alpha value is -3.12. The van der Waals surface area contributed by atoms with E-state index in [4.69, 9.17) is 11.6 Å². The Bertz CT molecular complexity index is 952. The topological polar surface area (TPSA) is 75.7 Å². The number of esters is 1.